The van der Waals surface area contributed by atoms with Gasteiger partial charge in [0.2, 0.25) is 0 Å². The van der Waals surface area contributed by atoms with Crippen molar-refractivity contribution in [2.75, 3.05) is 32.2 Å². The summed E-state index contributed by atoms with van der Waals surface area (Å²) in [5, 5.41) is 89.4. The summed E-state index contributed by atoms with van der Waals surface area (Å²) in [4.78, 5) is 1.10. The minimum Gasteiger partial charge on any atom is -0.507 e. The maximum atomic E-state index is 13.2. The number of benzene rings is 8. The van der Waals surface area contributed by atoms with Crippen LogP contribution in [0.15, 0.2) is 160 Å². The van der Waals surface area contributed by atoms with E-state index in [9.17, 15) is 126 Å². The monoisotopic (exact) mass is 1430 g/mol. The Bertz CT molecular complexity index is 5540. The van der Waals surface area contributed by atoms with Gasteiger partial charge in [-0.1, -0.05) is 0 Å². The van der Waals surface area contributed by atoms with Gasteiger partial charge in [-0.3, -0.25) is 42.0 Å². The summed E-state index contributed by atoms with van der Waals surface area (Å²) < 4.78 is 258. The second-order valence-electron chi connectivity index (χ2n) is 18.3. The second kappa shape index (κ2) is 25.1. The number of anilines is 1. The Labute approximate surface area is 519 Å². The Balaban J connectivity index is 1.28. The molecule has 0 amide bonds. The molecule has 0 aliphatic carbocycles. The topological polar surface area (TPSA) is 668 Å². The van der Waals surface area contributed by atoms with E-state index in [1.165, 1.54) is 0 Å². The van der Waals surface area contributed by atoms with E-state index in [-0.39, 0.29) is 12.1 Å². The van der Waals surface area contributed by atoms with Crippen molar-refractivity contribution in [2.45, 2.75) is 34.3 Å². The summed E-state index contributed by atoms with van der Waals surface area (Å²) >= 11 is 0. The first-order valence-corrected chi connectivity index (χ1v) is 34.2. The highest BCUT2D eigenvalue weighted by Crippen LogP contribution is 2.51. The lowest BCUT2D eigenvalue weighted by Gasteiger charge is -2.15. The fraction of sp³-hybridized carbons (Fsp3) is 0.0870. The van der Waals surface area contributed by atoms with Gasteiger partial charge in [-0.25, -0.2) is 0 Å². The van der Waals surface area contributed by atoms with Gasteiger partial charge in [0.15, 0.2) is 11.5 Å². The zero-order chi connectivity index (χ0) is 69.0. The molecule has 14 N–H and O–H groups in total. The van der Waals surface area contributed by atoms with Crippen LogP contribution in [-0.4, -0.2) is 148 Å². The van der Waals surface area contributed by atoms with Crippen molar-refractivity contribution in [3.05, 3.63) is 95.0 Å². The molecule has 93 heavy (non-hydrogen) atoms. The Morgan fingerprint density at radius 2 is 0.871 bits per heavy atom. The number of aliphatic hydroxyl groups is 2. The van der Waals surface area contributed by atoms with Crippen LogP contribution in [-0.2, 0) is 70.8 Å². The molecule has 0 atom stereocenters. The first kappa shape index (κ1) is 69.3. The first-order chi connectivity index (χ1) is 42.9. The predicted octanol–water partition coefficient (Wildman–Crippen LogP) is 6.88. The number of phenols is 3. The van der Waals surface area contributed by atoms with Crippen LogP contribution in [0.2, 0.25) is 0 Å². The van der Waals surface area contributed by atoms with Crippen LogP contribution in [0.3, 0.4) is 0 Å². The number of nitrogens with two attached hydrogens (primary N) is 1. The average Bonchev–Trinajstić information content (AvgIpc) is 0.753. The maximum Gasteiger partial charge on any atom is 0.297 e. The van der Waals surface area contributed by atoms with E-state index in [2.05, 4.69) is 40.9 Å². The van der Waals surface area contributed by atoms with Gasteiger partial charge in [-0.2, -0.15) is 58.9 Å². The molecule has 492 valence electrons. The van der Waals surface area contributed by atoms with E-state index >= 15 is 0 Å². The Morgan fingerprint density at radius 1 is 0.419 bits per heavy atom. The summed E-state index contributed by atoms with van der Waals surface area (Å²) in [6.07, 6.45) is 0. The van der Waals surface area contributed by atoms with Crippen molar-refractivity contribution in [1.29, 1.82) is 0 Å². The van der Waals surface area contributed by atoms with E-state index in [1.807, 2.05) is 0 Å². The second-order valence-corrected chi connectivity index (χ2v) is 28.1. The summed E-state index contributed by atoms with van der Waals surface area (Å²) in [5.74, 6) is -4.82. The molecule has 0 bridgehead atoms. The average molecular weight is 1430 g/mol. The van der Waals surface area contributed by atoms with Gasteiger partial charge in [0.1, 0.15) is 94.8 Å². The van der Waals surface area contributed by atoms with Gasteiger partial charge in [0.05, 0.1) is 50.1 Å². The van der Waals surface area contributed by atoms with Crippen molar-refractivity contribution in [3.8, 4) is 28.7 Å². The number of hydrogen-bond acceptors (Lipinski definition) is 32. The smallest absolute Gasteiger partial charge is 0.297 e. The van der Waals surface area contributed by atoms with Gasteiger partial charge in [0.25, 0.3) is 76.5 Å². The highest BCUT2D eigenvalue weighted by Gasteiger charge is 2.32. The SMILES string of the molecule is Nc1c(N=Nc2ccc3c(O)c(N=Nc4cc(OCCO)c(N=Nc5cc(S(=O)(=O)O)cc6cc(S(=O)(=O)O)cc(O)c56)cc4OCCO)c(S(=O)(=O)O)cc3c2S(=O)(=O)O)cc(S(=O)(=O)O)c2cc(S(=O)(=O)O)c(N=Nc3ccc([N+](=O)[O-])cc3S(=O)(=O)O)c(O)c12. The first-order valence-electron chi connectivity index (χ1n) is 24.1. The number of hydrogen-bond donors (Lipinski definition) is 13. The molecule has 0 unspecified atom stereocenters. The van der Waals surface area contributed by atoms with Crippen LogP contribution in [0.4, 0.5) is 56.9 Å². The van der Waals surface area contributed by atoms with Crippen molar-refractivity contribution >= 4 is 160 Å². The molecule has 0 aliphatic heterocycles. The molecule has 47 heteroatoms. The lowest BCUT2D eigenvalue weighted by Crippen LogP contribution is -2.04. The van der Waals surface area contributed by atoms with E-state index in [0.29, 0.717) is 54.6 Å². The third-order valence-electron chi connectivity index (χ3n) is 12.3. The quantitative estimate of drug-likeness (QED) is 0.0108. The molecule has 0 saturated heterocycles. The summed E-state index contributed by atoms with van der Waals surface area (Å²) in [5.41, 5.74) is -3.01. The molecule has 8 aromatic rings. The van der Waals surface area contributed by atoms with Crippen LogP contribution >= 0.6 is 0 Å². The summed E-state index contributed by atoms with van der Waals surface area (Å²) in [6.45, 7) is -2.59. The lowest BCUT2D eigenvalue weighted by molar-refractivity contribution is -0.385. The number of rotatable bonds is 22. The molecule has 0 saturated carbocycles. The maximum absolute atomic E-state index is 13.2. The lowest BCUT2D eigenvalue weighted by atomic mass is 10.0. The van der Waals surface area contributed by atoms with Crippen molar-refractivity contribution in [1.82, 2.24) is 0 Å². The molecule has 8 aromatic carbocycles. The largest absolute Gasteiger partial charge is 0.507 e. The van der Waals surface area contributed by atoms with Crippen molar-refractivity contribution < 1.29 is 131 Å². The molecule has 40 nitrogen and oxygen atoms in total. The fourth-order valence-corrected chi connectivity index (χ4v) is 13.0. The van der Waals surface area contributed by atoms with Crippen LogP contribution in [0, 0.1) is 10.1 Å². The number of nitro benzene ring substituents is 1. The Hall–Kier alpha value is -9.57. The Morgan fingerprint density at radius 3 is 1.37 bits per heavy atom. The van der Waals surface area contributed by atoms with E-state index in [4.69, 9.17) is 15.2 Å². The number of fused-ring (bicyclic) bond motifs is 3. The molecule has 0 radical (unpaired) electrons. The molecule has 8 rings (SSSR count). The highest BCUT2D eigenvalue weighted by atomic mass is 32.2. The standard InChI is InChI=1S/C46H36N10O30S7/c47-41-31(18-35(89(70,71)72)25-15-38(92(79,80)81)43(45(61)40(25)41)55-48-26-3-1-20(56(62)63)11-36(26)90(73,74)75)53-49-27-4-2-23-24(46(27)93(82,83)84)14-37(91(76,77)78)42(44(23)60)54-51-29-17-33(85-7-5-57)28(16-34(29)86-8-6-58)50-52-30-12-21(87(64,65)66)9-19-10-22(88(67,68)69)13-32(59)39(19)30/h1-4,9-18,57-61H,5-8,47H2,(H,64,65,66)(H,67,68,69)(H,70,71,72)(H,73,74,75)(H,76,77,78)(H,79,80,81)(H,82,83,84). The van der Waals surface area contributed by atoms with E-state index in [0.717, 1.165) is 18.2 Å². The number of aliphatic hydroxyl groups excluding tert-OH is 2. The van der Waals surface area contributed by atoms with Gasteiger partial charge in [0, 0.05) is 46.5 Å². The molecule has 0 heterocycles. The number of nitrogen functional groups attached to an aromatic ring is 1. The normalized spacial score (nSPS) is 13.2. The molecular formula is C46H36N10O30S7. The fourth-order valence-electron chi connectivity index (χ4n) is 8.48. The molecule has 0 spiro atoms. The molecule has 0 aliphatic rings. The van der Waals surface area contributed by atoms with Crippen LogP contribution in [0.25, 0.3) is 32.3 Å². The van der Waals surface area contributed by atoms with Crippen molar-refractivity contribution in [2.24, 2.45) is 40.9 Å². The van der Waals surface area contributed by atoms with Gasteiger partial charge in [-0.05, 0) is 60.0 Å². The number of ether oxygens (including phenoxy) is 2. The molecule has 0 fully saturated rings. The van der Waals surface area contributed by atoms with Crippen LogP contribution in [0.1, 0.15) is 0 Å². The third kappa shape index (κ3) is 14.7. The number of aromatic hydroxyl groups is 3. The number of non-ortho nitro benzene ring substituents is 1. The van der Waals surface area contributed by atoms with Crippen LogP contribution < -0.4 is 15.2 Å². The molecular weight excluding hydrogens is 1400 g/mol. The van der Waals surface area contributed by atoms with Crippen molar-refractivity contribution in [3.63, 3.8) is 0 Å². The number of azo groups is 4. The number of nitrogens with zero attached hydrogens (tertiary/aromatic N) is 9. The van der Waals surface area contributed by atoms with Crippen LogP contribution in [0.5, 0.6) is 28.7 Å². The minimum absolute atomic E-state index is 0.236. The molecule has 0 aromatic heterocycles. The number of nitro groups is 1. The predicted molar refractivity (Wildman–Crippen MR) is 311 cm³/mol. The van der Waals surface area contributed by atoms with E-state index < -0.39 is 254 Å². The summed E-state index contributed by atoms with van der Waals surface area (Å²) in [6, 6.07) is 8.21. The summed E-state index contributed by atoms with van der Waals surface area (Å²) in [7, 11) is -38.5. The Kier molecular flexibility index (Phi) is 18.7. The minimum atomic E-state index is -5.81. The number of phenolic OH excluding ortho intramolecular Hbond substituents is 3. The van der Waals surface area contributed by atoms with Gasteiger partial charge in [-0.15, -0.1) is 40.9 Å². The third-order valence-corrected chi connectivity index (χ3v) is 18.5. The van der Waals surface area contributed by atoms with Gasteiger partial charge >= 0.3 is 0 Å². The zero-order valence-electron chi connectivity index (χ0n) is 45.1. The van der Waals surface area contributed by atoms with Gasteiger partial charge < -0.3 is 40.7 Å². The van der Waals surface area contributed by atoms with E-state index in [1.54, 1.807) is 0 Å². The highest BCUT2D eigenvalue weighted by molar-refractivity contribution is 7.87. The zero-order valence-corrected chi connectivity index (χ0v) is 50.8.